The van der Waals surface area contributed by atoms with E-state index in [1.54, 1.807) is 23.1 Å². The molecule has 0 unspecified atom stereocenters. The van der Waals surface area contributed by atoms with E-state index in [-0.39, 0.29) is 38.9 Å². The number of alkyl halides is 3. The average Bonchev–Trinajstić information content (AvgIpc) is 3.27. The average molecular weight is 550 g/mol. The minimum absolute atomic E-state index is 0.0961. The molecule has 194 valence electrons. The molecule has 0 aliphatic carbocycles. The minimum atomic E-state index is -5.08. The number of carboxylic acid groups (broad SMARTS) is 1. The van der Waals surface area contributed by atoms with E-state index in [1.807, 2.05) is 0 Å². The van der Waals surface area contributed by atoms with Crippen molar-refractivity contribution in [3.05, 3.63) is 58.4 Å². The normalized spacial score (nSPS) is 13.8. The largest absolute Gasteiger partial charge is 0.490 e. The predicted octanol–water partition coefficient (Wildman–Crippen LogP) is 3.51. The zero-order valence-corrected chi connectivity index (χ0v) is 19.9. The lowest BCUT2D eigenvalue weighted by atomic mass is 10.0. The smallest absolute Gasteiger partial charge is 0.475 e. The van der Waals surface area contributed by atoms with Crippen molar-refractivity contribution in [2.45, 2.75) is 25.1 Å². The van der Waals surface area contributed by atoms with Crippen LogP contribution in [0.15, 0.2) is 37.1 Å². The van der Waals surface area contributed by atoms with Crippen molar-refractivity contribution in [3.63, 3.8) is 0 Å². The second-order valence-electron chi connectivity index (χ2n) is 7.29. The van der Waals surface area contributed by atoms with E-state index in [1.165, 1.54) is 12.3 Å². The number of nitrogens with zero attached hydrogens (tertiary/aromatic N) is 2. The first-order chi connectivity index (χ1) is 16.8. The third-order valence-corrected chi connectivity index (χ3v) is 5.49. The molecule has 0 radical (unpaired) electrons. The number of aliphatic carboxylic acids is 1. The summed E-state index contributed by atoms with van der Waals surface area (Å²) in [6.45, 7) is 4.55. The SMILES string of the molecule is C=CC(=O)N1CCC(NC(=O)c2[nH]ncc2NC(=O)c2c(Cl)cccc2Cl)CC1.O=C(O)C(F)(F)F. The minimum Gasteiger partial charge on any atom is -0.475 e. The number of carboxylic acids is 1. The highest BCUT2D eigenvalue weighted by Gasteiger charge is 2.38. The predicted molar refractivity (Wildman–Crippen MR) is 124 cm³/mol. The molecule has 4 N–H and O–H groups in total. The van der Waals surface area contributed by atoms with Gasteiger partial charge >= 0.3 is 12.1 Å². The van der Waals surface area contributed by atoms with Gasteiger partial charge in [0.1, 0.15) is 5.69 Å². The molecular weight excluding hydrogens is 530 g/mol. The molecule has 1 aromatic carbocycles. The Kier molecular flexibility index (Phi) is 9.87. The van der Waals surface area contributed by atoms with Gasteiger partial charge in [-0.05, 0) is 31.1 Å². The fraction of sp³-hybridized carbons (Fsp3) is 0.286. The summed E-state index contributed by atoms with van der Waals surface area (Å²) in [7, 11) is 0. The molecular formula is C21H20Cl2F3N5O5. The molecule has 0 spiro atoms. The third kappa shape index (κ3) is 7.71. The third-order valence-electron chi connectivity index (χ3n) is 4.86. The summed E-state index contributed by atoms with van der Waals surface area (Å²) in [4.78, 5) is 47.4. The Balaban J connectivity index is 0.000000572. The summed E-state index contributed by atoms with van der Waals surface area (Å²) in [5, 5.41) is 19.5. The maximum absolute atomic E-state index is 12.6. The number of aromatic amines is 1. The van der Waals surface area contributed by atoms with Crippen LogP contribution in [0.25, 0.3) is 0 Å². The standard InChI is InChI=1S/C19H19Cl2N5O3.C2HF3O2/c1-2-15(27)26-8-6-11(7-9-26)23-19(29)17-14(10-22-25-17)24-18(28)16-12(20)4-3-5-13(16)21;3-2(4,5)1(6)7/h2-5,10-11H,1,6-9H2,(H,22,25)(H,23,29)(H,24,28);(H,6,7). The maximum Gasteiger partial charge on any atom is 0.490 e. The Labute approximate surface area is 212 Å². The number of rotatable bonds is 5. The lowest BCUT2D eigenvalue weighted by Gasteiger charge is -2.31. The van der Waals surface area contributed by atoms with E-state index in [0.717, 1.165) is 0 Å². The molecule has 1 aliphatic rings. The molecule has 36 heavy (non-hydrogen) atoms. The zero-order chi connectivity index (χ0) is 27.0. The highest BCUT2D eigenvalue weighted by atomic mass is 35.5. The van der Waals surface area contributed by atoms with Crippen LogP contribution in [0.4, 0.5) is 18.9 Å². The molecule has 15 heteroatoms. The van der Waals surface area contributed by atoms with Crippen molar-refractivity contribution in [1.82, 2.24) is 20.4 Å². The number of piperidine rings is 1. The van der Waals surface area contributed by atoms with Gasteiger partial charge < -0.3 is 20.6 Å². The first-order valence-electron chi connectivity index (χ1n) is 10.2. The number of halogens is 5. The summed E-state index contributed by atoms with van der Waals surface area (Å²) in [6.07, 6.45) is -1.22. The summed E-state index contributed by atoms with van der Waals surface area (Å²) in [5.41, 5.74) is 0.441. The molecule has 2 heterocycles. The molecule has 3 amide bonds. The second-order valence-corrected chi connectivity index (χ2v) is 8.10. The molecule has 0 saturated carbocycles. The van der Waals surface area contributed by atoms with Gasteiger partial charge in [-0.3, -0.25) is 19.5 Å². The van der Waals surface area contributed by atoms with Gasteiger partial charge in [-0.2, -0.15) is 18.3 Å². The monoisotopic (exact) mass is 549 g/mol. The van der Waals surface area contributed by atoms with Gasteiger partial charge in [0, 0.05) is 19.1 Å². The summed E-state index contributed by atoms with van der Waals surface area (Å²) < 4.78 is 31.7. The van der Waals surface area contributed by atoms with Crippen molar-refractivity contribution in [2.24, 2.45) is 0 Å². The highest BCUT2D eigenvalue weighted by Crippen LogP contribution is 2.26. The summed E-state index contributed by atoms with van der Waals surface area (Å²) in [5.74, 6) is -3.83. The maximum atomic E-state index is 12.6. The molecule has 0 atom stereocenters. The number of H-pyrrole nitrogens is 1. The van der Waals surface area contributed by atoms with Crippen LogP contribution in [-0.2, 0) is 9.59 Å². The molecule has 1 aromatic heterocycles. The topological polar surface area (TPSA) is 144 Å². The number of anilines is 1. The highest BCUT2D eigenvalue weighted by molar-refractivity contribution is 6.40. The number of carbonyl (C=O) groups is 4. The fourth-order valence-corrected chi connectivity index (χ4v) is 3.65. The Hall–Kier alpha value is -3.58. The van der Waals surface area contributed by atoms with Crippen molar-refractivity contribution in [2.75, 3.05) is 18.4 Å². The Morgan fingerprint density at radius 3 is 2.19 bits per heavy atom. The quantitative estimate of drug-likeness (QED) is 0.420. The molecule has 0 bridgehead atoms. The van der Waals surface area contributed by atoms with Crippen LogP contribution < -0.4 is 10.6 Å². The molecule has 1 aliphatic heterocycles. The van der Waals surface area contributed by atoms with Crippen LogP contribution in [-0.4, -0.2) is 69.2 Å². The molecule has 3 rings (SSSR count). The van der Waals surface area contributed by atoms with Gasteiger partial charge in [0.25, 0.3) is 11.8 Å². The van der Waals surface area contributed by atoms with Gasteiger partial charge in [-0.25, -0.2) is 4.79 Å². The molecule has 1 saturated heterocycles. The van der Waals surface area contributed by atoms with Gasteiger partial charge in [0.05, 0.1) is 27.5 Å². The van der Waals surface area contributed by atoms with Crippen LogP contribution in [0.2, 0.25) is 10.0 Å². The number of likely N-dealkylation sites (tertiary alicyclic amines) is 1. The second kappa shape index (κ2) is 12.4. The van der Waals surface area contributed by atoms with E-state index in [4.69, 9.17) is 33.1 Å². The van der Waals surface area contributed by atoms with E-state index in [2.05, 4.69) is 27.4 Å². The first kappa shape index (κ1) is 28.7. The molecule has 1 fully saturated rings. The van der Waals surface area contributed by atoms with E-state index in [9.17, 15) is 27.6 Å². The van der Waals surface area contributed by atoms with Gasteiger partial charge in [-0.15, -0.1) is 0 Å². The zero-order valence-electron chi connectivity index (χ0n) is 18.4. The van der Waals surface area contributed by atoms with Crippen molar-refractivity contribution >= 4 is 52.6 Å². The molecule has 10 nitrogen and oxygen atoms in total. The fourth-order valence-electron chi connectivity index (χ4n) is 3.08. The number of nitrogens with one attached hydrogen (secondary N) is 3. The summed E-state index contributed by atoms with van der Waals surface area (Å²) in [6, 6.07) is 4.64. The molecule has 2 aromatic rings. The summed E-state index contributed by atoms with van der Waals surface area (Å²) >= 11 is 12.1. The van der Waals surface area contributed by atoms with Crippen molar-refractivity contribution in [3.8, 4) is 0 Å². The number of aromatic nitrogens is 2. The van der Waals surface area contributed by atoms with E-state index in [0.29, 0.717) is 25.9 Å². The van der Waals surface area contributed by atoms with Crippen LogP contribution >= 0.6 is 23.2 Å². The van der Waals surface area contributed by atoms with E-state index >= 15 is 0 Å². The first-order valence-corrected chi connectivity index (χ1v) is 10.9. The Morgan fingerprint density at radius 1 is 1.14 bits per heavy atom. The number of amides is 3. The van der Waals surface area contributed by atoms with Crippen LogP contribution in [0.5, 0.6) is 0 Å². The van der Waals surface area contributed by atoms with Crippen LogP contribution in [0.3, 0.4) is 0 Å². The number of benzene rings is 1. The van der Waals surface area contributed by atoms with Crippen LogP contribution in [0, 0.1) is 0 Å². The van der Waals surface area contributed by atoms with E-state index < -0.39 is 24.0 Å². The Bertz CT molecular complexity index is 1130. The van der Waals surface area contributed by atoms with Gasteiger partial charge in [-0.1, -0.05) is 35.8 Å². The number of hydrogen-bond donors (Lipinski definition) is 4. The van der Waals surface area contributed by atoms with Gasteiger partial charge in [0.2, 0.25) is 5.91 Å². The van der Waals surface area contributed by atoms with Crippen molar-refractivity contribution in [1.29, 1.82) is 0 Å². The lowest BCUT2D eigenvalue weighted by molar-refractivity contribution is -0.192. The Morgan fingerprint density at radius 2 is 1.69 bits per heavy atom. The number of hydrogen-bond acceptors (Lipinski definition) is 5. The van der Waals surface area contributed by atoms with Gasteiger partial charge in [0.15, 0.2) is 0 Å². The van der Waals surface area contributed by atoms with Crippen LogP contribution in [0.1, 0.15) is 33.7 Å². The number of carbonyl (C=O) groups excluding carboxylic acids is 3. The van der Waals surface area contributed by atoms with Crippen molar-refractivity contribution < 1.29 is 37.5 Å². The lowest BCUT2D eigenvalue weighted by Crippen LogP contribution is -2.46.